The van der Waals surface area contributed by atoms with Gasteiger partial charge in [-0.15, -0.1) is 0 Å². The molecule has 3 rings (SSSR count). The third-order valence-electron chi connectivity index (χ3n) is 2.90. The first-order valence-corrected chi connectivity index (χ1v) is 5.64. The number of rotatable bonds is 3. The largest absolute Gasteiger partial charge is 0.454 e. The van der Waals surface area contributed by atoms with Gasteiger partial charge in [-0.2, -0.15) is 5.10 Å². The van der Waals surface area contributed by atoms with Gasteiger partial charge in [0.15, 0.2) is 11.5 Å². The molecule has 17 heavy (non-hydrogen) atoms. The fraction of sp³-hybridized carbons (Fsp3) is 0.417. The summed E-state index contributed by atoms with van der Waals surface area (Å²) < 4.78 is 12.7. The van der Waals surface area contributed by atoms with Crippen LogP contribution in [0.1, 0.15) is 0 Å². The Labute approximate surface area is 99.5 Å². The zero-order valence-electron chi connectivity index (χ0n) is 10.0. The summed E-state index contributed by atoms with van der Waals surface area (Å²) in [6.07, 6.45) is 1.87. The topological polar surface area (TPSA) is 39.5 Å². The van der Waals surface area contributed by atoms with Crippen molar-refractivity contribution in [3.63, 3.8) is 0 Å². The first kappa shape index (κ1) is 10.4. The smallest absolute Gasteiger partial charge is 0.231 e. The minimum Gasteiger partial charge on any atom is -0.454 e. The van der Waals surface area contributed by atoms with Gasteiger partial charge in [-0.25, -0.2) is 0 Å². The number of benzene rings is 1. The van der Waals surface area contributed by atoms with Gasteiger partial charge in [-0.1, -0.05) is 0 Å². The maximum atomic E-state index is 5.38. The van der Waals surface area contributed by atoms with E-state index in [4.69, 9.17) is 9.47 Å². The molecule has 0 aliphatic carbocycles. The van der Waals surface area contributed by atoms with Gasteiger partial charge in [0.05, 0.1) is 18.3 Å². The summed E-state index contributed by atoms with van der Waals surface area (Å²) in [5, 5.41) is 5.48. The van der Waals surface area contributed by atoms with E-state index in [9.17, 15) is 0 Å². The third kappa shape index (κ3) is 1.82. The maximum absolute atomic E-state index is 5.38. The van der Waals surface area contributed by atoms with Crippen molar-refractivity contribution in [1.29, 1.82) is 0 Å². The number of hydrogen-bond donors (Lipinski definition) is 0. The van der Waals surface area contributed by atoms with Crippen LogP contribution in [0.5, 0.6) is 11.5 Å². The van der Waals surface area contributed by atoms with Crippen LogP contribution in [0, 0.1) is 0 Å². The first-order valence-electron chi connectivity index (χ1n) is 5.64. The van der Waals surface area contributed by atoms with Crippen LogP contribution in [0.2, 0.25) is 0 Å². The van der Waals surface area contributed by atoms with E-state index in [0.29, 0.717) is 6.79 Å². The minimum absolute atomic E-state index is 0.313. The summed E-state index contributed by atoms with van der Waals surface area (Å²) in [6.45, 7) is 2.15. The second kappa shape index (κ2) is 3.92. The Balaban J connectivity index is 1.97. The van der Waals surface area contributed by atoms with Gasteiger partial charge in [0, 0.05) is 18.0 Å². The predicted octanol–water partition coefficient (Wildman–Crippen LogP) is 1.33. The van der Waals surface area contributed by atoms with Crippen molar-refractivity contribution in [2.45, 2.75) is 6.54 Å². The van der Waals surface area contributed by atoms with Crippen LogP contribution in [0.3, 0.4) is 0 Å². The van der Waals surface area contributed by atoms with Crippen molar-refractivity contribution < 1.29 is 9.47 Å². The van der Waals surface area contributed by atoms with Crippen molar-refractivity contribution in [1.82, 2.24) is 14.7 Å². The van der Waals surface area contributed by atoms with Crippen LogP contribution in [0.4, 0.5) is 0 Å². The Kier molecular flexibility index (Phi) is 2.40. The van der Waals surface area contributed by atoms with E-state index >= 15 is 0 Å². The number of likely N-dealkylation sites (N-methyl/N-ethyl adjacent to an activating group) is 1. The molecule has 0 radical (unpaired) electrons. The monoisotopic (exact) mass is 233 g/mol. The van der Waals surface area contributed by atoms with Crippen molar-refractivity contribution in [2.24, 2.45) is 0 Å². The zero-order chi connectivity index (χ0) is 11.8. The molecule has 90 valence electrons. The van der Waals surface area contributed by atoms with Crippen LogP contribution >= 0.6 is 0 Å². The van der Waals surface area contributed by atoms with Gasteiger partial charge >= 0.3 is 0 Å². The fourth-order valence-corrected chi connectivity index (χ4v) is 1.94. The number of hydrogen-bond acceptors (Lipinski definition) is 4. The van der Waals surface area contributed by atoms with E-state index in [1.54, 1.807) is 0 Å². The Morgan fingerprint density at radius 1 is 1.29 bits per heavy atom. The SMILES string of the molecule is CN(C)CCn1ncc2cc3c(cc21)OCO3. The highest BCUT2D eigenvalue weighted by atomic mass is 16.7. The van der Waals surface area contributed by atoms with E-state index in [-0.39, 0.29) is 0 Å². The summed E-state index contributed by atoms with van der Waals surface area (Å²) in [5.74, 6) is 1.62. The predicted molar refractivity (Wildman–Crippen MR) is 64.4 cm³/mol. The molecular formula is C12H15N3O2. The molecule has 2 aromatic rings. The molecule has 0 saturated heterocycles. The lowest BCUT2D eigenvalue weighted by atomic mass is 10.2. The molecule has 1 aromatic carbocycles. The number of nitrogens with zero attached hydrogens (tertiary/aromatic N) is 3. The van der Waals surface area contributed by atoms with E-state index in [2.05, 4.69) is 24.1 Å². The molecular weight excluding hydrogens is 218 g/mol. The molecule has 0 atom stereocenters. The van der Waals surface area contributed by atoms with E-state index in [1.807, 2.05) is 23.0 Å². The number of aromatic nitrogens is 2. The Morgan fingerprint density at radius 3 is 2.82 bits per heavy atom. The lowest BCUT2D eigenvalue weighted by molar-refractivity contribution is 0.174. The summed E-state index contributed by atoms with van der Waals surface area (Å²) in [4.78, 5) is 2.14. The van der Waals surface area contributed by atoms with Crippen LogP contribution in [0.15, 0.2) is 18.3 Å². The Hall–Kier alpha value is -1.75. The first-order chi connectivity index (χ1) is 8.24. The van der Waals surface area contributed by atoms with Gasteiger partial charge in [0.1, 0.15) is 0 Å². The second-order valence-electron chi connectivity index (χ2n) is 4.44. The van der Waals surface area contributed by atoms with E-state index in [1.165, 1.54) is 0 Å². The van der Waals surface area contributed by atoms with E-state index in [0.717, 1.165) is 35.5 Å². The van der Waals surface area contributed by atoms with Gasteiger partial charge in [-0.3, -0.25) is 4.68 Å². The zero-order valence-corrected chi connectivity index (χ0v) is 10.0. The normalized spacial score (nSPS) is 13.8. The molecule has 1 aromatic heterocycles. The quantitative estimate of drug-likeness (QED) is 0.801. The number of ether oxygens (including phenoxy) is 2. The molecule has 0 saturated carbocycles. The Morgan fingerprint density at radius 2 is 2.06 bits per heavy atom. The van der Waals surface area contributed by atoms with Gasteiger partial charge in [0.2, 0.25) is 6.79 Å². The molecule has 1 aliphatic rings. The standard InChI is InChI=1S/C12H15N3O2/c1-14(2)3-4-15-10-6-12-11(16-8-17-12)5-9(10)7-13-15/h5-7H,3-4,8H2,1-2H3. The molecule has 0 fully saturated rings. The minimum atomic E-state index is 0.313. The molecule has 0 spiro atoms. The molecule has 1 aliphatic heterocycles. The lowest BCUT2D eigenvalue weighted by Crippen LogP contribution is -2.18. The van der Waals surface area contributed by atoms with Crippen molar-refractivity contribution in [3.05, 3.63) is 18.3 Å². The summed E-state index contributed by atoms with van der Waals surface area (Å²) in [6, 6.07) is 3.98. The highest BCUT2D eigenvalue weighted by Crippen LogP contribution is 2.35. The van der Waals surface area contributed by atoms with Gasteiger partial charge in [0.25, 0.3) is 0 Å². The maximum Gasteiger partial charge on any atom is 0.231 e. The number of fused-ring (bicyclic) bond motifs is 2. The molecule has 0 bridgehead atoms. The Bertz CT molecular complexity index is 548. The van der Waals surface area contributed by atoms with Gasteiger partial charge < -0.3 is 14.4 Å². The highest BCUT2D eigenvalue weighted by Gasteiger charge is 2.16. The van der Waals surface area contributed by atoms with E-state index < -0.39 is 0 Å². The summed E-state index contributed by atoms with van der Waals surface area (Å²) >= 11 is 0. The molecule has 2 heterocycles. The average molecular weight is 233 g/mol. The summed E-state index contributed by atoms with van der Waals surface area (Å²) in [5.41, 5.74) is 1.09. The van der Waals surface area contributed by atoms with Crippen molar-refractivity contribution >= 4 is 10.9 Å². The molecule has 0 amide bonds. The van der Waals surface area contributed by atoms with Crippen LogP contribution < -0.4 is 9.47 Å². The molecule has 0 N–H and O–H groups in total. The van der Waals surface area contributed by atoms with Crippen LogP contribution in [-0.2, 0) is 6.54 Å². The third-order valence-corrected chi connectivity index (χ3v) is 2.90. The molecule has 5 heteroatoms. The van der Waals surface area contributed by atoms with Gasteiger partial charge in [-0.05, 0) is 20.2 Å². The second-order valence-corrected chi connectivity index (χ2v) is 4.44. The van der Waals surface area contributed by atoms with Crippen LogP contribution in [0.25, 0.3) is 10.9 Å². The van der Waals surface area contributed by atoms with Crippen molar-refractivity contribution in [2.75, 3.05) is 27.4 Å². The molecule has 0 unspecified atom stereocenters. The highest BCUT2D eigenvalue weighted by molar-refractivity contribution is 5.83. The van der Waals surface area contributed by atoms with Crippen LogP contribution in [-0.4, -0.2) is 42.1 Å². The lowest BCUT2D eigenvalue weighted by Gasteiger charge is -2.10. The fourth-order valence-electron chi connectivity index (χ4n) is 1.94. The summed E-state index contributed by atoms with van der Waals surface area (Å²) in [7, 11) is 4.11. The molecule has 5 nitrogen and oxygen atoms in total. The van der Waals surface area contributed by atoms with Crippen molar-refractivity contribution in [3.8, 4) is 11.5 Å². The average Bonchev–Trinajstić information content (AvgIpc) is 2.88.